The summed E-state index contributed by atoms with van der Waals surface area (Å²) in [6.07, 6.45) is 8.16. The van der Waals surface area contributed by atoms with Crippen LogP contribution in [0.3, 0.4) is 0 Å². The van der Waals surface area contributed by atoms with Gasteiger partial charge in [-0.1, -0.05) is 25.5 Å². The van der Waals surface area contributed by atoms with Gasteiger partial charge in [0.2, 0.25) is 0 Å². The molecule has 0 aromatic carbocycles. The lowest BCUT2D eigenvalue weighted by Crippen LogP contribution is -2.62. The summed E-state index contributed by atoms with van der Waals surface area (Å²) in [6.45, 7) is 7.98. The smallest absolute Gasteiger partial charge is 0.174 e. The molecule has 1 N–H and O–H groups in total. The molecule has 1 heterocycles. The summed E-state index contributed by atoms with van der Waals surface area (Å²) in [4.78, 5) is 12.9. The number of fused-ring (bicyclic) bond motifs is 2. The molecule has 0 amide bonds. The van der Waals surface area contributed by atoms with Gasteiger partial charge in [0.05, 0.1) is 13.2 Å². The van der Waals surface area contributed by atoms with Crippen molar-refractivity contribution in [3.63, 3.8) is 0 Å². The SMILES string of the molecule is C/C(=C\C[C@@]1(C)C(=O)CC[C@]2(C)[C@@H]1CCCC21OCCO1)CCO. The van der Waals surface area contributed by atoms with Crippen LogP contribution in [0.25, 0.3) is 0 Å². The Bertz CT molecular complexity index is 520. The molecule has 4 heteroatoms. The molecule has 3 rings (SSSR count). The zero-order valence-electron chi connectivity index (χ0n) is 15.4. The lowest BCUT2D eigenvalue weighted by molar-refractivity contribution is -0.286. The van der Waals surface area contributed by atoms with E-state index in [-0.39, 0.29) is 23.4 Å². The molecular weight excluding hydrogens is 304 g/mol. The first-order chi connectivity index (χ1) is 11.4. The second kappa shape index (κ2) is 6.54. The van der Waals surface area contributed by atoms with Crippen molar-refractivity contribution >= 4 is 5.78 Å². The van der Waals surface area contributed by atoms with E-state index in [4.69, 9.17) is 14.6 Å². The van der Waals surface area contributed by atoms with E-state index in [0.29, 0.717) is 31.8 Å². The molecule has 1 aliphatic heterocycles. The molecule has 2 aliphatic carbocycles. The predicted molar refractivity (Wildman–Crippen MR) is 92.5 cm³/mol. The number of allylic oxidation sites excluding steroid dienone is 1. The molecule has 24 heavy (non-hydrogen) atoms. The van der Waals surface area contributed by atoms with Crippen LogP contribution in [0, 0.1) is 16.7 Å². The Labute approximate surface area is 145 Å². The molecule has 0 radical (unpaired) electrons. The molecule has 0 unspecified atom stereocenters. The second-order valence-corrected chi connectivity index (χ2v) is 8.38. The van der Waals surface area contributed by atoms with Crippen molar-refractivity contribution in [3.05, 3.63) is 11.6 Å². The number of carbonyl (C=O) groups excluding carboxylic acids is 1. The first-order valence-electron chi connectivity index (χ1n) is 9.46. The highest BCUT2D eigenvalue weighted by Crippen LogP contribution is 2.63. The molecule has 0 aromatic rings. The largest absolute Gasteiger partial charge is 0.396 e. The van der Waals surface area contributed by atoms with Crippen LogP contribution in [0.1, 0.15) is 65.7 Å². The molecule has 1 saturated heterocycles. The summed E-state index contributed by atoms with van der Waals surface area (Å²) < 4.78 is 12.3. The minimum absolute atomic E-state index is 0.0941. The number of rotatable bonds is 4. The lowest BCUT2D eigenvalue weighted by Gasteiger charge is -2.60. The summed E-state index contributed by atoms with van der Waals surface area (Å²) >= 11 is 0. The van der Waals surface area contributed by atoms with Crippen molar-refractivity contribution in [2.45, 2.75) is 71.5 Å². The second-order valence-electron chi connectivity index (χ2n) is 8.38. The van der Waals surface area contributed by atoms with Crippen molar-refractivity contribution < 1.29 is 19.4 Å². The highest BCUT2D eigenvalue weighted by Gasteiger charge is 2.65. The van der Waals surface area contributed by atoms with Crippen LogP contribution in [0.2, 0.25) is 0 Å². The number of hydrogen-bond donors (Lipinski definition) is 1. The van der Waals surface area contributed by atoms with Gasteiger partial charge in [0.15, 0.2) is 5.79 Å². The first kappa shape index (κ1) is 18.1. The Balaban J connectivity index is 1.91. The topological polar surface area (TPSA) is 55.8 Å². The fourth-order valence-electron chi connectivity index (χ4n) is 5.50. The highest BCUT2D eigenvalue weighted by atomic mass is 16.7. The van der Waals surface area contributed by atoms with Crippen LogP contribution in [0.5, 0.6) is 0 Å². The number of Topliss-reactive ketones (excluding diaryl/α,β-unsaturated/α-hetero) is 1. The van der Waals surface area contributed by atoms with E-state index in [9.17, 15) is 4.79 Å². The fraction of sp³-hybridized carbons (Fsp3) is 0.850. The number of aliphatic hydroxyl groups excluding tert-OH is 1. The van der Waals surface area contributed by atoms with Crippen molar-refractivity contribution in [3.8, 4) is 0 Å². The van der Waals surface area contributed by atoms with Crippen LogP contribution in [0.4, 0.5) is 0 Å². The van der Waals surface area contributed by atoms with E-state index in [0.717, 1.165) is 37.7 Å². The molecular formula is C20H32O4. The quantitative estimate of drug-likeness (QED) is 0.797. The Morgan fingerprint density at radius 2 is 2.00 bits per heavy atom. The van der Waals surface area contributed by atoms with Gasteiger partial charge in [0.1, 0.15) is 5.78 Å². The van der Waals surface area contributed by atoms with E-state index < -0.39 is 5.79 Å². The first-order valence-corrected chi connectivity index (χ1v) is 9.46. The normalized spacial score (nSPS) is 39.2. The van der Waals surface area contributed by atoms with Crippen LogP contribution >= 0.6 is 0 Å². The number of carbonyl (C=O) groups is 1. The van der Waals surface area contributed by atoms with E-state index in [1.54, 1.807) is 0 Å². The minimum atomic E-state index is -0.484. The van der Waals surface area contributed by atoms with Gasteiger partial charge in [-0.25, -0.2) is 0 Å². The molecule has 4 nitrogen and oxygen atoms in total. The van der Waals surface area contributed by atoms with Crippen molar-refractivity contribution in [1.82, 2.24) is 0 Å². The zero-order chi connectivity index (χ0) is 17.4. The maximum absolute atomic E-state index is 12.9. The lowest BCUT2D eigenvalue weighted by atomic mass is 9.48. The summed E-state index contributed by atoms with van der Waals surface area (Å²) in [5.41, 5.74) is 0.716. The maximum atomic E-state index is 12.9. The highest BCUT2D eigenvalue weighted by molar-refractivity contribution is 5.86. The molecule has 0 bridgehead atoms. The molecule has 3 fully saturated rings. The summed E-state index contributed by atoms with van der Waals surface area (Å²) in [6, 6.07) is 0. The molecule has 3 atom stereocenters. The van der Waals surface area contributed by atoms with Crippen LogP contribution in [-0.4, -0.2) is 36.5 Å². The van der Waals surface area contributed by atoms with Gasteiger partial charge in [-0.05, 0) is 44.9 Å². The van der Waals surface area contributed by atoms with Crippen molar-refractivity contribution in [1.29, 1.82) is 0 Å². The number of aliphatic hydroxyl groups is 1. The summed E-state index contributed by atoms with van der Waals surface area (Å²) in [5, 5.41) is 9.12. The van der Waals surface area contributed by atoms with Gasteiger partial charge in [-0.3, -0.25) is 4.79 Å². The number of ketones is 1. The Hall–Kier alpha value is -0.710. The molecule has 2 saturated carbocycles. The summed E-state index contributed by atoms with van der Waals surface area (Å²) in [7, 11) is 0. The van der Waals surface area contributed by atoms with E-state index >= 15 is 0 Å². The Morgan fingerprint density at radius 1 is 1.29 bits per heavy atom. The van der Waals surface area contributed by atoms with E-state index in [1.165, 1.54) is 0 Å². The zero-order valence-corrected chi connectivity index (χ0v) is 15.4. The van der Waals surface area contributed by atoms with Crippen LogP contribution < -0.4 is 0 Å². The third kappa shape index (κ3) is 2.67. The van der Waals surface area contributed by atoms with Gasteiger partial charge in [-0.15, -0.1) is 0 Å². The van der Waals surface area contributed by atoms with Crippen molar-refractivity contribution in [2.24, 2.45) is 16.7 Å². The molecule has 0 aromatic heterocycles. The molecule has 136 valence electrons. The van der Waals surface area contributed by atoms with Gasteiger partial charge in [0, 0.05) is 30.3 Å². The Morgan fingerprint density at radius 3 is 2.67 bits per heavy atom. The van der Waals surface area contributed by atoms with Gasteiger partial charge in [0.25, 0.3) is 0 Å². The third-order valence-electron chi connectivity index (χ3n) is 7.05. The van der Waals surface area contributed by atoms with Gasteiger partial charge < -0.3 is 14.6 Å². The average molecular weight is 336 g/mol. The third-order valence-corrected chi connectivity index (χ3v) is 7.05. The van der Waals surface area contributed by atoms with Gasteiger partial charge >= 0.3 is 0 Å². The van der Waals surface area contributed by atoms with E-state index in [2.05, 4.69) is 19.9 Å². The number of hydrogen-bond acceptors (Lipinski definition) is 4. The van der Waals surface area contributed by atoms with Crippen LogP contribution in [0.15, 0.2) is 11.6 Å². The predicted octanol–water partition coefficient (Wildman–Crippen LogP) is 3.62. The number of ether oxygens (including phenoxy) is 2. The van der Waals surface area contributed by atoms with E-state index in [1.807, 2.05) is 6.92 Å². The standard InChI is InChI=1S/C20H32O4/c1-15(8-12-21)6-10-18(2)16-5-4-9-20(23-13-14-24-20)19(16,3)11-7-17(18)22/h6,16,21H,4-5,7-14H2,1-3H3/b15-6+/t16-,18-,19-/m1/s1. The summed E-state index contributed by atoms with van der Waals surface area (Å²) in [5.74, 6) is 0.186. The van der Waals surface area contributed by atoms with Crippen molar-refractivity contribution in [2.75, 3.05) is 19.8 Å². The molecule has 1 spiro atoms. The minimum Gasteiger partial charge on any atom is -0.396 e. The average Bonchev–Trinajstić information content (AvgIpc) is 3.03. The maximum Gasteiger partial charge on any atom is 0.174 e. The van der Waals surface area contributed by atoms with Crippen LogP contribution in [-0.2, 0) is 14.3 Å². The molecule has 3 aliphatic rings. The van der Waals surface area contributed by atoms with Gasteiger partial charge in [-0.2, -0.15) is 0 Å². The Kier molecular flexibility index (Phi) is 4.93. The fourth-order valence-corrected chi connectivity index (χ4v) is 5.50. The monoisotopic (exact) mass is 336 g/mol.